The molecule has 2 rings (SSSR count). The van der Waals surface area contributed by atoms with Crippen LogP contribution in [0.25, 0.3) is 11.4 Å². The maximum Gasteiger partial charge on any atom is 0.181 e. The van der Waals surface area contributed by atoms with Crippen LogP contribution < -0.4 is 0 Å². The third-order valence-corrected chi connectivity index (χ3v) is 1.90. The van der Waals surface area contributed by atoms with Gasteiger partial charge >= 0.3 is 0 Å². The van der Waals surface area contributed by atoms with Gasteiger partial charge in [-0.15, -0.1) is 5.10 Å². The van der Waals surface area contributed by atoms with E-state index in [9.17, 15) is 0 Å². The van der Waals surface area contributed by atoms with Gasteiger partial charge in [-0.3, -0.25) is 0 Å². The zero-order valence-corrected chi connectivity index (χ0v) is 9.60. The molecule has 0 atom stereocenters. The molecule has 80 valence electrons. The van der Waals surface area contributed by atoms with Gasteiger partial charge in [0.1, 0.15) is 0 Å². The molecule has 0 aliphatic rings. The second-order valence-electron chi connectivity index (χ2n) is 3.00. The molecule has 0 spiro atoms. The van der Waals surface area contributed by atoms with Crippen molar-refractivity contribution < 1.29 is 0 Å². The Hall–Kier alpha value is -1.71. The molecule has 15 heavy (non-hydrogen) atoms. The van der Waals surface area contributed by atoms with Gasteiger partial charge in [0.2, 0.25) is 0 Å². The topological polar surface area (TPSA) is 43.6 Å². The molecule has 0 aliphatic carbocycles. The molecule has 0 saturated heterocycles. The summed E-state index contributed by atoms with van der Waals surface area (Å²) in [5, 5.41) is 11.3. The summed E-state index contributed by atoms with van der Waals surface area (Å²) in [5.74, 6) is 0.795. The Kier molecular flexibility index (Phi) is 3.97. The molecule has 0 radical (unpaired) electrons. The minimum absolute atomic E-state index is 0.795. The summed E-state index contributed by atoms with van der Waals surface area (Å²) in [6.45, 7) is 6.05. The van der Waals surface area contributed by atoms with Gasteiger partial charge in [-0.05, 0) is 23.4 Å². The van der Waals surface area contributed by atoms with Crippen molar-refractivity contribution in [1.82, 2.24) is 20.2 Å². The van der Waals surface area contributed by atoms with Crippen molar-refractivity contribution >= 4 is 0 Å². The zero-order valence-electron chi connectivity index (χ0n) is 9.60. The van der Waals surface area contributed by atoms with Gasteiger partial charge in [0.05, 0.1) is 0 Å². The zero-order chi connectivity index (χ0) is 11.3. The predicted octanol–water partition coefficient (Wildman–Crippen LogP) is 2.21. The minimum atomic E-state index is 0.795. The first kappa shape index (κ1) is 11.4. The number of nitrogens with zero attached hydrogens (tertiary/aromatic N) is 4. The Morgan fingerprint density at radius 2 is 1.93 bits per heavy atom. The standard InChI is InChI=1S/C9H10N4.C2H6/c1-7-4-3-5-8(6-7)9-10-11-12-13(9)2;1-2/h3-6H,1-2H3;1-2H3. The Balaban J connectivity index is 0.000000531. The summed E-state index contributed by atoms with van der Waals surface area (Å²) in [7, 11) is 1.83. The molecule has 2 aromatic rings. The van der Waals surface area contributed by atoms with E-state index >= 15 is 0 Å². The number of rotatable bonds is 1. The van der Waals surface area contributed by atoms with Crippen LogP contribution in [0.2, 0.25) is 0 Å². The van der Waals surface area contributed by atoms with E-state index in [-0.39, 0.29) is 0 Å². The predicted molar refractivity (Wildman–Crippen MR) is 60.3 cm³/mol. The van der Waals surface area contributed by atoms with Crippen LogP contribution in [0.4, 0.5) is 0 Å². The highest BCUT2D eigenvalue weighted by Crippen LogP contribution is 2.15. The summed E-state index contributed by atoms with van der Waals surface area (Å²) in [6, 6.07) is 8.11. The lowest BCUT2D eigenvalue weighted by molar-refractivity contribution is 0.714. The van der Waals surface area contributed by atoms with Crippen molar-refractivity contribution in [3.05, 3.63) is 29.8 Å². The van der Waals surface area contributed by atoms with Crippen LogP contribution in [0.3, 0.4) is 0 Å². The van der Waals surface area contributed by atoms with Crippen LogP contribution in [-0.4, -0.2) is 20.2 Å². The molecule has 0 fully saturated rings. The van der Waals surface area contributed by atoms with Crippen molar-refractivity contribution in [2.75, 3.05) is 0 Å². The van der Waals surface area contributed by atoms with E-state index in [1.807, 2.05) is 46.0 Å². The van der Waals surface area contributed by atoms with Gasteiger partial charge in [-0.25, -0.2) is 4.68 Å². The second kappa shape index (κ2) is 5.24. The molecule has 1 heterocycles. The van der Waals surface area contributed by atoms with Gasteiger partial charge in [0, 0.05) is 12.6 Å². The molecule has 0 bridgehead atoms. The Labute approximate surface area is 89.9 Å². The van der Waals surface area contributed by atoms with Gasteiger partial charge in [0.25, 0.3) is 0 Å². The molecule has 4 heteroatoms. The first-order chi connectivity index (χ1) is 7.27. The number of aryl methyl sites for hydroxylation is 2. The quantitative estimate of drug-likeness (QED) is 0.715. The molecular formula is C11H16N4. The van der Waals surface area contributed by atoms with Crippen LogP contribution in [0.5, 0.6) is 0 Å². The van der Waals surface area contributed by atoms with Crippen LogP contribution in [-0.2, 0) is 7.05 Å². The molecule has 4 nitrogen and oxygen atoms in total. The lowest BCUT2D eigenvalue weighted by atomic mass is 10.1. The molecule has 0 aliphatic heterocycles. The van der Waals surface area contributed by atoms with Crippen LogP contribution in [0.15, 0.2) is 24.3 Å². The molecule has 0 saturated carbocycles. The van der Waals surface area contributed by atoms with E-state index in [0.717, 1.165) is 11.4 Å². The normalized spacial score (nSPS) is 9.33. The van der Waals surface area contributed by atoms with Gasteiger partial charge < -0.3 is 0 Å². The van der Waals surface area contributed by atoms with Crippen molar-refractivity contribution in [2.24, 2.45) is 7.05 Å². The maximum atomic E-state index is 3.93. The van der Waals surface area contributed by atoms with Crippen molar-refractivity contribution in [2.45, 2.75) is 20.8 Å². The molecule has 1 aromatic heterocycles. The summed E-state index contributed by atoms with van der Waals surface area (Å²) in [6.07, 6.45) is 0. The fraction of sp³-hybridized carbons (Fsp3) is 0.364. The maximum absolute atomic E-state index is 3.93. The number of hydrogen-bond donors (Lipinski definition) is 0. The summed E-state index contributed by atoms with van der Waals surface area (Å²) < 4.78 is 1.66. The summed E-state index contributed by atoms with van der Waals surface area (Å²) in [5.41, 5.74) is 2.26. The Morgan fingerprint density at radius 3 is 2.47 bits per heavy atom. The molecule has 0 unspecified atom stereocenters. The third-order valence-electron chi connectivity index (χ3n) is 1.90. The van der Waals surface area contributed by atoms with Gasteiger partial charge in [0.15, 0.2) is 5.82 Å². The van der Waals surface area contributed by atoms with Crippen LogP contribution >= 0.6 is 0 Å². The third kappa shape index (κ3) is 2.62. The monoisotopic (exact) mass is 204 g/mol. The van der Waals surface area contributed by atoms with E-state index in [0.29, 0.717) is 0 Å². The summed E-state index contributed by atoms with van der Waals surface area (Å²) in [4.78, 5) is 0. The van der Waals surface area contributed by atoms with E-state index < -0.39 is 0 Å². The van der Waals surface area contributed by atoms with E-state index in [2.05, 4.69) is 21.6 Å². The van der Waals surface area contributed by atoms with E-state index in [1.165, 1.54) is 5.56 Å². The summed E-state index contributed by atoms with van der Waals surface area (Å²) >= 11 is 0. The Morgan fingerprint density at radius 1 is 1.20 bits per heavy atom. The smallest absolute Gasteiger partial charge is 0.181 e. The lowest BCUT2D eigenvalue weighted by Crippen LogP contribution is -1.94. The SMILES string of the molecule is CC.Cc1cccc(-c2nnnn2C)c1. The lowest BCUT2D eigenvalue weighted by Gasteiger charge is -1.99. The average molecular weight is 204 g/mol. The highest BCUT2D eigenvalue weighted by atomic mass is 15.5. The average Bonchev–Trinajstić information content (AvgIpc) is 2.67. The molecule has 0 N–H and O–H groups in total. The number of benzene rings is 1. The van der Waals surface area contributed by atoms with Crippen molar-refractivity contribution in [3.8, 4) is 11.4 Å². The van der Waals surface area contributed by atoms with Crippen molar-refractivity contribution in [1.29, 1.82) is 0 Å². The van der Waals surface area contributed by atoms with Crippen molar-refractivity contribution in [3.63, 3.8) is 0 Å². The largest absolute Gasteiger partial charge is 0.229 e. The number of hydrogen-bond acceptors (Lipinski definition) is 3. The first-order valence-corrected chi connectivity index (χ1v) is 5.07. The highest BCUT2D eigenvalue weighted by Gasteiger charge is 2.04. The van der Waals surface area contributed by atoms with Crippen LogP contribution in [0.1, 0.15) is 19.4 Å². The van der Waals surface area contributed by atoms with Gasteiger partial charge in [-0.1, -0.05) is 37.6 Å². The van der Waals surface area contributed by atoms with Gasteiger partial charge in [-0.2, -0.15) is 0 Å². The number of aromatic nitrogens is 4. The Bertz CT molecular complexity index is 420. The fourth-order valence-corrected chi connectivity index (χ4v) is 1.26. The molecular weight excluding hydrogens is 188 g/mol. The molecule has 1 aromatic carbocycles. The van der Waals surface area contributed by atoms with E-state index in [1.54, 1.807) is 4.68 Å². The number of tetrazole rings is 1. The first-order valence-electron chi connectivity index (χ1n) is 5.07. The van der Waals surface area contributed by atoms with E-state index in [4.69, 9.17) is 0 Å². The highest BCUT2D eigenvalue weighted by molar-refractivity contribution is 5.55. The molecule has 0 amide bonds. The van der Waals surface area contributed by atoms with Crippen LogP contribution in [0, 0.1) is 6.92 Å². The second-order valence-corrected chi connectivity index (χ2v) is 3.00. The minimum Gasteiger partial charge on any atom is -0.229 e. The fourth-order valence-electron chi connectivity index (χ4n) is 1.26.